The van der Waals surface area contributed by atoms with Crippen molar-refractivity contribution in [2.24, 2.45) is 0 Å². The number of carbonyl (C=O) groups excluding carboxylic acids is 1. The summed E-state index contributed by atoms with van der Waals surface area (Å²) in [5, 5.41) is 6.60. The molecule has 0 fully saturated rings. The molecule has 3 aromatic heterocycles. The smallest absolute Gasteiger partial charge is 0.265 e. The topological polar surface area (TPSA) is 72.7 Å². The monoisotopic (exact) mass is 397 g/mol. The zero-order chi connectivity index (χ0) is 18.8. The highest BCUT2D eigenvalue weighted by atomic mass is 32.1. The number of aryl methyl sites for hydroxylation is 1. The van der Waals surface area contributed by atoms with Crippen molar-refractivity contribution in [3.63, 3.8) is 0 Å². The highest BCUT2D eigenvalue weighted by molar-refractivity contribution is 7.15. The summed E-state index contributed by atoms with van der Waals surface area (Å²) < 4.78 is 7.34. The van der Waals surface area contributed by atoms with Crippen molar-refractivity contribution in [2.75, 3.05) is 5.32 Å². The number of anilines is 1. The zero-order valence-electron chi connectivity index (χ0n) is 14.3. The first-order chi connectivity index (χ1) is 13.1. The summed E-state index contributed by atoms with van der Waals surface area (Å²) in [5.41, 5.74) is 1.96. The van der Waals surface area contributed by atoms with Gasteiger partial charge >= 0.3 is 0 Å². The summed E-state index contributed by atoms with van der Waals surface area (Å²) in [5.74, 6) is 0.429. The van der Waals surface area contributed by atoms with Crippen LogP contribution in [-0.2, 0) is 6.61 Å². The summed E-state index contributed by atoms with van der Waals surface area (Å²) in [6.07, 6.45) is 0. The van der Waals surface area contributed by atoms with E-state index in [-0.39, 0.29) is 18.1 Å². The van der Waals surface area contributed by atoms with Crippen LogP contribution in [0.25, 0.3) is 4.96 Å². The predicted octanol–water partition coefficient (Wildman–Crippen LogP) is 3.96. The molecule has 1 amide bonds. The summed E-state index contributed by atoms with van der Waals surface area (Å²) >= 11 is 2.81. The van der Waals surface area contributed by atoms with Gasteiger partial charge in [-0.1, -0.05) is 12.1 Å². The maximum Gasteiger partial charge on any atom is 0.265 e. The molecule has 27 heavy (non-hydrogen) atoms. The third-order valence-corrected chi connectivity index (χ3v) is 5.66. The van der Waals surface area contributed by atoms with Crippen LogP contribution < -0.4 is 15.6 Å². The third-order valence-electron chi connectivity index (χ3n) is 3.85. The Morgan fingerprint density at radius 2 is 2.11 bits per heavy atom. The van der Waals surface area contributed by atoms with Gasteiger partial charge in [0.1, 0.15) is 12.4 Å². The fourth-order valence-electron chi connectivity index (χ4n) is 2.60. The lowest BCUT2D eigenvalue weighted by Gasteiger charge is -2.09. The molecule has 0 aliphatic carbocycles. The van der Waals surface area contributed by atoms with Gasteiger partial charge < -0.3 is 10.1 Å². The lowest BCUT2D eigenvalue weighted by Crippen LogP contribution is -2.16. The number of aromatic nitrogens is 2. The van der Waals surface area contributed by atoms with Crippen LogP contribution in [0.3, 0.4) is 0 Å². The first kappa shape index (κ1) is 17.4. The number of ether oxygens (including phenoxy) is 1. The second-order valence-electron chi connectivity index (χ2n) is 5.83. The molecule has 0 aliphatic heterocycles. The Balaban J connectivity index is 1.47. The number of hydrogen-bond acceptors (Lipinski definition) is 6. The Hall–Kier alpha value is -2.97. The Labute approximate surface area is 162 Å². The Kier molecular flexibility index (Phi) is 4.74. The average molecular weight is 397 g/mol. The molecular formula is C19H15N3O3S2. The van der Waals surface area contributed by atoms with Gasteiger partial charge in [0, 0.05) is 28.9 Å². The van der Waals surface area contributed by atoms with Crippen LogP contribution in [0.15, 0.2) is 58.0 Å². The minimum atomic E-state index is -0.157. The van der Waals surface area contributed by atoms with Crippen LogP contribution in [0.1, 0.15) is 21.1 Å². The molecule has 0 spiro atoms. The van der Waals surface area contributed by atoms with Crippen LogP contribution >= 0.6 is 22.7 Å². The standard InChI is InChI=1S/C19H15N3O3S2/c1-12-11-27-19-21-14(9-17(23)22(12)19)10-25-15-5-2-4-13(8-15)20-18(24)16-6-3-7-26-16/h2-9,11H,10H2,1H3,(H,20,24). The van der Waals surface area contributed by atoms with Gasteiger partial charge in [-0.25, -0.2) is 4.98 Å². The number of hydrogen-bond donors (Lipinski definition) is 1. The van der Waals surface area contributed by atoms with E-state index < -0.39 is 0 Å². The van der Waals surface area contributed by atoms with Gasteiger partial charge in [-0.2, -0.15) is 0 Å². The molecule has 3 heterocycles. The van der Waals surface area contributed by atoms with E-state index in [1.165, 1.54) is 28.7 Å². The number of fused-ring (bicyclic) bond motifs is 1. The van der Waals surface area contributed by atoms with E-state index in [4.69, 9.17) is 4.74 Å². The summed E-state index contributed by atoms with van der Waals surface area (Å²) in [6.45, 7) is 2.05. The summed E-state index contributed by atoms with van der Waals surface area (Å²) in [6, 6.07) is 12.2. The number of thiophene rings is 1. The van der Waals surface area contributed by atoms with E-state index in [2.05, 4.69) is 10.3 Å². The van der Waals surface area contributed by atoms with Gasteiger partial charge in [-0.15, -0.1) is 22.7 Å². The molecule has 1 aromatic carbocycles. The molecule has 0 atom stereocenters. The lowest BCUT2D eigenvalue weighted by molar-refractivity contribution is 0.103. The van der Waals surface area contributed by atoms with E-state index in [0.717, 1.165) is 5.69 Å². The maximum atomic E-state index is 12.2. The minimum absolute atomic E-state index is 0.116. The molecule has 0 radical (unpaired) electrons. The van der Waals surface area contributed by atoms with E-state index in [9.17, 15) is 9.59 Å². The highest BCUT2D eigenvalue weighted by Gasteiger charge is 2.09. The summed E-state index contributed by atoms with van der Waals surface area (Å²) in [4.78, 5) is 30.1. The van der Waals surface area contributed by atoms with Crippen LogP contribution in [0, 0.1) is 6.92 Å². The van der Waals surface area contributed by atoms with Gasteiger partial charge in [0.25, 0.3) is 11.5 Å². The molecule has 6 nitrogen and oxygen atoms in total. The minimum Gasteiger partial charge on any atom is -0.487 e. The van der Waals surface area contributed by atoms with E-state index in [1.54, 1.807) is 34.7 Å². The Morgan fingerprint density at radius 3 is 2.93 bits per heavy atom. The Morgan fingerprint density at radius 1 is 1.22 bits per heavy atom. The van der Waals surface area contributed by atoms with Crippen LogP contribution in [0.2, 0.25) is 0 Å². The molecule has 8 heteroatoms. The first-order valence-corrected chi connectivity index (χ1v) is 9.90. The van der Waals surface area contributed by atoms with Crippen LogP contribution in [0.5, 0.6) is 5.75 Å². The molecule has 136 valence electrons. The quantitative estimate of drug-likeness (QED) is 0.553. The van der Waals surface area contributed by atoms with Gasteiger partial charge in [-0.05, 0) is 30.5 Å². The van der Waals surface area contributed by atoms with Gasteiger partial charge in [0.15, 0.2) is 4.96 Å². The predicted molar refractivity (Wildman–Crippen MR) is 107 cm³/mol. The second kappa shape index (κ2) is 7.34. The number of nitrogens with zero attached hydrogens (tertiary/aromatic N) is 2. The van der Waals surface area contributed by atoms with E-state index >= 15 is 0 Å². The molecule has 0 bridgehead atoms. The van der Waals surface area contributed by atoms with Crippen LogP contribution in [0.4, 0.5) is 5.69 Å². The number of benzene rings is 1. The largest absolute Gasteiger partial charge is 0.487 e. The molecule has 4 rings (SSSR count). The van der Waals surface area contributed by atoms with Gasteiger partial charge in [-0.3, -0.25) is 14.0 Å². The number of thiazole rings is 1. The lowest BCUT2D eigenvalue weighted by atomic mass is 10.3. The van der Waals surface area contributed by atoms with Crippen molar-refractivity contribution in [2.45, 2.75) is 13.5 Å². The number of nitrogens with one attached hydrogen (secondary N) is 1. The molecule has 0 saturated carbocycles. The molecule has 0 aliphatic rings. The number of amides is 1. The molecular weight excluding hydrogens is 382 g/mol. The SMILES string of the molecule is Cc1csc2nc(COc3cccc(NC(=O)c4cccs4)c3)cc(=O)n12. The van der Waals surface area contributed by atoms with Crippen molar-refractivity contribution >= 4 is 39.2 Å². The molecule has 1 N–H and O–H groups in total. The first-order valence-electron chi connectivity index (χ1n) is 8.15. The van der Waals surface area contributed by atoms with E-state index in [1.807, 2.05) is 23.8 Å². The third kappa shape index (κ3) is 3.76. The molecule has 0 unspecified atom stereocenters. The normalized spacial score (nSPS) is 10.9. The fraction of sp³-hybridized carbons (Fsp3) is 0.105. The maximum absolute atomic E-state index is 12.2. The fourth-order valence-corrected chi connectivity index (χ4v) is 4.11. The highest BCUT2D eigenvalue weighted by Crippen LogP contribution is 2.20. The zero-order valence-corrected chi connectivity index (χ0v) is 16.0. The Bertz CT molecular complexity index is 1160. The van der Waals surface area contributed by atoms with Gasteiger partial charge in [0.05, 0.1) is 10.6 Å². The van der Waals surface area contributed by atoms with Crippen LogP contribution in [-0.4, -0.2) is 15.3 Å². The van der Waals surface area contributed by atoms with Crippen molar-refractivity contribution in [3.8, 4) is 5.75 Å². The van der Waals surface area contributed by atoms with E-state index in [0.29, 0.717) is 27.0 Å². The average Bonchev–Trinajstić information content (AvgIpc) is 3.31. The second-order valence-corrected chi connectivity index (χ2v) is 7.61. The number of carbonyl (C=O) groups is 1. The van der Waals surface area contributed by atoms with Crippen molar-refractivity contribution in [3.05, 3.63) is 79.8 Å². The van der Waals surface area contributed by atoms with Crippen molar-refractivity contribution < 1.29 is 9.53 Å². The molecule has 4 aromatic rings. The molecule has 0 saturated heterocycles. The summed E-state index contributed by atoms with van der Waals surface area (Å²) in [7, 11) is 0. The van der Waals surface area contributed by atoms with Crippen molar-refractivity contribution in [1.82, 2.24) is 9.38 Å². The van der Waals surface area contributed by atoms with Gasteiger partial charge in [0.2, 0.25) is 0 Å². The number of rotatable bonds is 5. The van der Waals surface area contributed by atoms with Crippen molar-refractivity contribution in [1.29, 1.82) is 0 Å².